The summed E-state index contributed by atoms with van der Waals surface area (Å²) in [6, 6.07) is 7.59. The molecular weight excluding hydrogens is 448 g/mol. The third kappa shape index (κ3) is 4.78. The van der Waals surface area contributed by atoms with Crippen molar-refractivity contribution in [3.8, 4) is 22.8 Å². The molecule has 0 amide bonds. The van der Waals surface area contributed by atoms with Crippen LogP contribution in [0.3, 0.4) is 0 Å². The molecule has 0 aliphatic heterocycles. The SMILES string of the molecule is Cc1cc(COc2cc(C)n(-c3ccnc(-c4nc(C(C)(C)O)ncc4C)c3)c(=O)c2C)cs1. The number of aliphatic hydroxyl groups is 1. The first kappa shape index (κ1) is 23.8. The maximum Gasteiger partial charge on any atom is 0.261 e. The molecule has 176 valence electrons. The van der Waals surface area contributed by atoms with Gasteiger partial charge in [0.2, 0.25) is 0 Å². The minimum atomic E-state index is -1.18. The van der Waals surface area contributed by atoms with Crippen LogP contribution in [0.4, 0.5) is 0 Å². The monoisotopic (exact) mass is 476 g/mol. The van der Waals surface area contributed by atoms with Crippen molar-refractivity contribution in [1.29, 1.82) is 0 Å². The lowest BCUT2D eigenvalue weighted by Crippen LogP contribution is -2.23. The number of thiophene rings is 1. The van der Waals surface area contributed by atoms with Crippen LogP contribution < -0.4 is 10.3 Å². The van der Waals surface area contributed by atoms with E-state index in [4.69, 9.17) is 4.74 Å². The Bertz CT molecular complexity index is 1420. The lowest BCUT2D eigenvalue weighted by Gasteiger charge is -2.18. The molecule has 1 N–H and O–H groups in total. The molecule has 0 aliphatic carbocycles. The summed E-state index contributed by atoms with van der Waals surface area (Å²) in [5, 5.41) is 12.4. The Labute approximate surface area is 202 Å². The van der Waals surface area contributed by atoms with Gasteiger partial charge in [-0.1, -0.05) is 0 Å². The molecule has 0 spiro atoms. The number of ether oxygens (including phenoxy) is 1. The summed E-state index contributed by atoms with van der Waals surface area (Å²) in [4.78, 5) is 27.8. The fourth-order valence-corrected chi connectivity index (χ4v) is 4.38. The molecule has 8 heteroatoms. The van der Waals surface area contributed by atoms with Gasteiger partial charge in [-0.2, -0.15) is 0 Å². The minimum Gasteiger partial charge on any atom is -0.488 e. The van der Waals surface area contributed by atoms with Crippen molar-refractivity contribution in [3.63, 3.8) is 0 Å². The van der Waals surface area contributed by atoms with Crippen molar-refractivity contribution < 1.29 is 9.84 Å². The van der Waals surface area contributed by atoms with E-state index in [0.717, 1.165) is 16.8 Å². The number of pyridine rings is 2. The molecule has 7 nitrogen and oxygen atoms in total. The molecule has 4 aromatic heterocycles. The fraction of sp³-hybridized carbons (Fsp3) is 0.308. The van der Waals surface area contributed by atoms with E-state index >= 15 is 0 Å². The lowest BCUT2D eigenvalue weighted by molar-refractivity contribution is 0.0688. The number of hydrogen-bond acceptors (Lipinski definition) is 7. The number of aryl methyl sites for hydroxylation is 3. The van der Waals surface area contributed by atoms with Gasteiger partial charge < -0.3 is 9.84 Å². The van der Waals surface area contributed by atoms with Gasteiger partial charge in [-0.25, -0.2) is 9.97 Å². The van der Waals surface area contributed by atoms with Gasteiger partial charge in [0.1, 0.15) is 18.0 Å². The normalized spacial score (nSPS) is 11.6. The van der Waals surface area contributed by atoms with E-state index in [-0.39, 0.29) is 5.56 Å². The topological polar surface area (TPSA) is 90.1 Å². The van der Waals surface area contributed by atoms with Crippen LogP contribution in [0.15, 0.2) is 46.8 Å². The van der Waals surface area contributed by atoms with Crippen LogP contribution in [-0.2, 0) is 12.2 Å². The van der Waals surface area contributed by atoms with Crippen LogP contribution in [0.1, 0.15) is 46.9 Å². The summed E-state index contributed by atoms with van der Waals surface area (Å²) < 4.78 is 7.63. The average molecular weight is 477 g/mol. The first-order chi connectivity index (χ1) is 16.0. The number of hydrogen-bond donors (Lipinski definition) is 1. The largest absolute Gasteiger partial charge is 0.488 e. The highest BCUT2D eigenvalue weighted by Gasteiger charge is 2.22. The van der Waals surface area contributed by atoms with Crippen molar-refractivity contribution in [1.82, 2.24) is 19.5 Å². The molecule has 4 aromatic rings. The first-order valence-electron chi connectivity index (χ1n) is 11.0. The fourth-order valence-electron chi connectivity index (χ4n) is 3.69. The summed E-state index contributed by atoms with van der Waals surface area (Å²) in [6.45, 7) is 11.3. The lowest BCUT2D eigenvalue weighted by atomic mass is 10.1. The Morgan fingerprint density at radius 2 is 1.88 bits per heavy atom. The van der Waals surface area contributed by atoms with Crippen LogP contribution in [0.2, 0.25) is 0 Å². The minimum absolute atomic E-state index is 0.148. The molecule has 0 saturated heterocycles. The quantitative estimate of drug-likeness (QED) is 0.430. The Balaban J connectivity index is 1.72. The molecule has 0 bridgehead atoms. The summed E-state index contributed by atoms with van der Waals surface area (Å²) in [5.41, 5.74) is 3.77. The number of nitrogens with zero attached hydrogens (tertiary/aromatic N) is 4. The van der Waals surface area contributed by atoms with Gasteiger partial charge in [-0.05, 0) is 70.7 Å². The maximum atomic E-state index is 13.3. The molecule has 0 aliphatic rings. The summed E-state index contributed by atoms with van der Waals surface area (Å²) in [5.74, 6) is 0.894. The van der Waals surface area contributed by atoms with Gasteiger partial charge >= 0.3 is 0 Å². The van der Waals surface area contributed by atoms with Crippen LogP contribution in [0.25, 0.3) is 17.1 Å². The smallest absolute Gasteiger partial charge is 0.261 e. The molecule has 0 fully saturated rings. The molecule has 0 radical (unpaired) electrons. The molecule has 0 atom stereocenters. The zero-order valence-corrected chi connectivity index (χ0v) is 21.0. The third-order valence-corrected chi connectivity index (χ3v) is 6.44. The van der Waals surface area contributed by atoms with Crippen LogP contribution in [0, 0.1) is 27.7 Å². The average Bonchev–Trinajstić information content (AvgIpc) is 3.20. The number of aromatic nitrogens is 4. The van der Waals surface area contributed by atoms with E-state index in [1.54, 1.807) is 55.1 Å². The molecule has 34 heavy (non-hydrogen) atoms. The second-order valence-electron chi connectivity index (χ2n) is 8.95. The zero-order chi connectivity index (χ0) is 24.6. The zero-order valence-electron chi connectivity index (χ0n) is 20.2. The van der Waals surface area contributed by atoms with E-state index in [1.165, 1.54) is 4.88 Å². The predicted octanol–water partition coefficient (Wildman–Crippen LogP) is 4.79. The highest BCUT2D eigenvalue weighted by Crippen LogP contribution is 2.26. The molecule has 0 unspecified atom stereocenters. The summed E-state index contributed by atoms with van der Waals surface area (Å²) in [6.07, 6.45) is 3.33. The molecular formula is C26H28N4O3S. The highest BCUT2D eigenvalue weighted by atomic mass is 32.1. The second kappa shape index (κ2) is 9.12. The summed E-state index contributed by atoms with van der Waals surface area (Å²) >= 11 is 1.68. The molecule has 4 rings (SSSR count). The highest BCUT2D eigenvalue weighted by molar-refractivity contribution is 7.10. The van der Waals surface area contributed by atoms with Crippen molar-refractivity contribution in [2.45, 2.75) is 53.8 Å². The van der Waals surface area contributed by atoms with Crippen molar-refractivity contribution >= 4 is 11.3 Å². The Kier molecular flexibility index (Phi) is 6.38. The van der Waals surface area contributed by atoms with Gasteiger partial charge in [0.25, 0.3) is 5.56 Å². The first-order valence-corrected chi connectivity index (χ1v) is 11.9. The van der Waals surface area contributed by atoms with Crippen molar-refractivity contribution in [2.24, 2.45) is 0 Å². The van der Waals surface area contributed by atoms with Crippen LogP contribution >= 0.6 is 11.3 Å². The standard InChI is InChI=1S/C26H28N4O3S/c1-15-12-28-25(26(5,6)32)29-23(15)21-11-20(7-8-27-21)30-16(2)9-22(18(4)24(30)31)33-13-19-10-17(3)34-14-19/h7-12,14,32H,13H2,1-6H3. The van der Waals surface area contributed by atoms with Crippen molar-refractivity contribution in [3.05, 3.63) is 85.5 Å². The van der Waals surface area contributed by atoms with E-state index in [1.807, 2.05) is 26.0 Å². The van der Waals surface area contributed by atoms with Gasteiger partial charge in [0, 0.05) is 34.6 Å². The molecule has 0 aromatic carbocycles. The predicted molar refractivity (Wildman–Crippen MR) is 134 cm³/mol. The van der Waals surface area contributed by atoms with Gasteiger partial charge in [0.05, 0.1) is 22.6 Å². The van der Waals surface area contributed by atoms with Crippen LogP contribution in [-0.4, -0.2) is 24.6 Å². The van der Waals surface area contributed by atoms with Gasteiger partial charge in [-0.3, -0.25) is 14.3 Å². The van der Waals surface area contributed by atoms with Crippen molar-refractivity contribution in [2.75, 3.05) is 0 Å². The Morgan fingerprint density at radius 3 is 2.56 bits per heavy atom. The van der Waals surface area contributed by atoms with Gasteiger partial charge in [0.15, 0.2) is 5.82 Å². The second-order valence-corrected chi connectivity index (χ2v) is 10.1. The Hall–Kier alpha value is -3.36. The third-order valence-electron chi connectivity index (χ3n) is 5.53. The van der Waals surface area contributed by atoms with E-state index in [2.05, 4.69) is 33.3 Å². The van der Waals surface area contributed by atoms with E-state index < -0.39 is 5.60 Å². The van der Waals surface area contributed by atoms with Gasteiger partial charge in [-0.15, -0.1) is 11.3 Å². The van der Waals surface area contributed by atoms with E-state index in [9.17, 15) is 9.90 Å². The van der Waals surface area contributed by atoms with E-state index in [0.29, 0.717) is 40.8 Å². The molecule has 4 heterocycles. The number of rotatable bonds is 6. The Morgan fingerprint density at radius 1 is 1.12 bits per heavy atom. The maximum absolute atomic E-state index is 13.3. The van der Waals surface area contributed by atoms with Crippen LogP contribution in [0.5, 0.6) is 5.75 Å². The molecule has 0 saturated carbocycles. The summed E-state index contributed by atoms with van der Waals surface area (Å²) in [7, 11) is 0.